The van der Waals surface area contributed by atoms with Crippen LogP contribution in [0.3, 0.4) is 0 Å². The molecule has 0 aliphatic rings. The topological polar surface area (TPSA) is 39.2 Å². The van der Waals surface area contributed by atoms with Crippen molar-refractivity contribution in [2.45, 2.75) is 26.3 Å². The van der Waals surface area contributed by atoms with Crippen molar-refractivity contribution in [3.05, 3.63) is 57.5 Å². The van der Waals surface area contributed by atoms with E-state index in [-0.39, 0.29) is 6.04 Å². The Bertz CT molecular complexity index is 519. The second-order valence-corrected chi connectivity index (χ2v) is 5.10. The van der Waals surface area contributed by atoms with Gasteiger partial charge in [0.05, 0.1) is 6.26 Å². The number of nitrogens with two attached hydrogens (primary N) is 1. The minimum Gasteiger partial charge on any atom is -0.457 e. The zero-order chi connectivity index (χ0) is 12.4. The van der Waals surface area contributed by atoms with Crippen molar-refractivity contribution in [1.29, 1.82) is 0 Å². The molecule has 1 unspecified atom stereocenters. The molecular formula is C14H16BrNO. The van der Waals surface area contributed by atoms with E-state index < -0.39 is 0 Å². The minimum absolute atomic E-state index is 0.0368. The van der Waals surface area contributed by atoms with Gasteiger partial charge in [-0.3, -0.25) is 0 Å². The molecule has 1 heterocycles. The number of hydrogen-bond acceptors (Lipinski definition) is 2. The number of benzene rings is 1. The molecule has 1 atom stereocenters. The Labute approximate surface area is 110 Å². The lowest BCUT2D eigenvalue weighted by atomic mass is 9.99. The van der Waals surface area contributed by atoms with Crippen molar-refractivity contribution in [3.63, 3.8) is 0 Å². The Morgan fingerprint density at radius 3 is 2.59 bits per heavy atom. The Morgan fingerprint density at radius 1 is 1.24 bits per heavy atom. The molecule has 0 spiro atoms. The molecule has 0 radical (unpaired) electrons. The Hall–Kier alpha value is -1.06. The second-order valence-electron chi connectivity index (χ2n) is 4.38. The molecule has 90 valence electrons. The van der Waals surface area contributed by atoms with Crippen LogP contribution in [-0.2, 0) is 6.42 Å². The molecule has 2 N–H and O–H groups in total. The van der Waals surface area contributed by atoms with Crippen molar-refractivity contribution in [2.24, 2.45) is 5.73 Å². The monoisotopic (exact) mass is 293 g/mol. The summed E-state index contributed by atoms with van der Waals surface area (Å²) in [5.41, 5.74) is 11.1. The third-order valence-electron chi connectivity index (χ3n) is 3.07. The highest BCUT2D eigenvalue weighted by molar-refractivity contribution is 9.10. The molecule has 1 aromatic heterocycles. The quantitative estimate of drug-likeness (QED) is 0.932. The fourth-order valence-electron chi connectivity index (χ4n) is 1.86. The molecule has 0 saturated carbocycles. The van der Waals surface area contributed by atoms with Crippen LogP contribution in [0.15, 0.2) is 39.6 Å². The minimum atomic E-state index is -0.0368. The van der Waals surface area contributed by atoms with E-state index in [1.54, 1.807) is 6.26 Å². The van der Waals surface area contributed by atoms with Crippen molar-refractivity contribution >= 4 is 15.9 Å². The van der Waals surface area contributed by atoms with Crippen molar-refractivity contribution in [3.8, 4) is 0 Å². The van der Waals surface area contributed by atoms with E-state index in [0.29, 0.717) is 0 Å². The molecule has 1 aromatic carbocycles. The summed E-state index contributed by atoms with van der Waals surface area (Å²) in [4.78, 5) is 0. The lowest BCUT2D eigenvalue weighted by molar-refractivity contribution is 0.531. The van der Waals surface area contributed by atoms with Gasteiger partial charge in [-0.25, -0.2) is 0 Å². The molecule has 0 saturated heterocycles. The van der Waals surface area contributed by atoms with Crippen molar-refractivity contribution in [2.75, 3.05) is 0 Å². The predicted molar refractivity (Wildman–Crippen MR) is 73.0 cm³/mol. The molecule has 0 bridgehead atoms. The van der Waals surface area contributed by atoms with Crippen molar-refractivity contribution < 1.29 is 4.42 Å². The maximum Gasteiger partial charge on any atom is 0.173 e. The predicted octanol–water partition coefficient (Wildman–Crippen LogP) is 3.90. The maximum atomic E-state index is 6.17. The third-order valence-corrected chi connectivity index (χ3v) is 3.72. The number of aryl methyl sites for hydroxylation is 2. The smallest absolute Gasteiger partial charge is 0.173 e. The fourth-order valence-corrected chi connectivity index (χ4v) is 2.40. The number of halogens is 1. The Kier molecular flexibility index (Phi) is 3.69. The van der Waals surface area contributed by atoms with E-state index in [4.69, 9.17) is 10.2 Å². The van der Waals surface area contributed by atoms with Gasteiger partial charge in [0.1, 0.15) is 0 Å². The van der Waals surface area contributed by atoms with Crippen LogP contribution in [0, 0.1) is 13.8 Å². The van der Waals surface area contributed by atoms with Gasteiger partial charge in [0.2, 0.25) is 0 Å². The van der Waals surface area contributed by atoms with E-state index in [1.165, 1.54) is 16.7 Å². The summed E-state index contributed by atoms with van der Waals surface area (Å²) in [6.07, 6.45) is 2.47. The lowest BCUT2D eigenvalue weighted by Gasteiger charge is -2.11. The first-order valence-electron chi connectivity index (χ1n) is 5.62. The average molecular weight is 294 g/mol. The standard InChI is InChI=1S/C14H16BrNO/c1-9-3-4-11(7-10(9)2)8-13(16)12-5-6-17-14(12)15/h3-7,13H,8,16H2,1-2H3. The van der Waals surface area contributed by atoms with Crippen LogP contribution in [0.5, 0.6) is 0 Å². The van der Waals surface area contributed by atoms with Gasteiger partial charge in [-0.2, -0.15) is 0 Å². The summed E-state index contributed by atoms with van der Waals surface area (Å²) >= 11 is 3.36. The normalized spacial score (nSPS) is 12.7. The van der Waals surface area contributed by atoms with E-state index in [1.807, 2.05) is 6.07 Å². The van der Waals surface area contributed by atoms with Gasteiger partial charge in [0, 0.05) is 11.6 Å². The van der Waals surface area contributed by atoms with Crippen LogP contribution in [0.2, 0.25) is 0 Å². The summed E-state index contributed by atoms with van der Waals surface area (Å²) in [6, 6.07) is 8.35. The van der Waals surface area contributed by atoms with E-state index >= 15 is 0 Å². The molecule has 0 aliphatic carbocycles. The van der Waals surface area contributed by atoms with Crippen LogP contribution < -0.4 is 5.73 Å². The molecule has 17 heavy (non-hydrogen) atoms. The molecule has 2 aromatic rings. The largest absolute Gasteiger partial charge is 0.457 e. The maximum absolute atomic E-state index is 6.17. The first-order valence-corrected chi connectivity index (χ1v) is 6.42. The van der Waals surface area contributed by atoms with E-state index in [9.17, 15) is 0 Å². The third kappa shape index (κ3) is 2.79. The highest BCUT2D eigenvalue weighted by Gasteiger charge is 2.13. The molecule has 0 aliphatic heterocycles. The Morgan fingerprint density at radius 2 is 2.00 bits per heavy atom. The SMILES string of the molecule is Cc1ccc(CC(N)c2ccoc2Br)cc1C. The number of rotatable bonds is 3. The van der Waals surface area contributed by atoms with Crippen molar-refractivity contribution in [1.82, 2.24) is 0 Å². The molecule has 0 amide bonds. The van der Waals surface area contributed by atoms with E-state index in [2.05, 4.69) is 48.0 Å². The van der Waals surface area contributed by atoms with Gasteiger partial charge in [-0.05, 0) is 59.0 Å². The van der Waals surface area contributed by atoms with Gasteiger partial charge in [0.25, 0.3) is 0 Å². The van der Waals surface area contributed by atoms with Gasteiger partial charge < -0.3 is 10.2 Å². The van der Waals surface area contributed by atoms with Gasteiger partial charge in [-0.1, -0.05) is 18.2 Å². The van der Waals surface area contributed by atoms with Gasteiger partial charge in [-0.15, -0.1) is 0 Å². The van der Waals surface area contributed by atoms with Crippen LogP contribution >= 0.6 is 15.9 Å². The molecule has 2 nitrogen and oxygen atoms in total. The van der Waals surface area contributed by atoms with Crippen LogP contribution in [0.25, 0.3) is 0 Å². The lowest BCUT2D eigenvalue weighted by Crippen LogP contribution is -2.13. The Balaban J connectivity index is 2.16. The van der Waals surface area contributed by atoms with Gasteiger partial charge in [0.15, 0.2) is 4.67 Å². The molecule has 3 heteroatoms. The van der Waals surface area contributed by atoms with Crippen LogP contribution in [0.4, 0.5) is 0 Å². The summed E-state index contributed by atoms with van der Waals surface area (Å²) in [6.45, 7) is 4.24. The van der Waals surface area contributed by atoms with Gasteiger partial charge >= 0.3 is 0 Å². The fraction of sp³-hybridized carbons (Fsp3) is 0.286. The average Bonchev–Trinajstić information content (AvgIpc) is 2.70. The molecular weight excluding hydrogens is 278 g/mol. The second kappa shape index (κ2) is 5.07. The summed E-state index contributed by atoms with van der Waals surface area (Å²) in [5.74, 6) is 0. The summed E-state index contributed by atoms with van der Waals surface area (Å²) < 4.78 is 5.93. The van der Waals surface area contributed by atoms with Crippen LogP contribution in [-0.4, -0.2) is 0 Å². The molecule has 2 rings (SSSR count). The highest BCUT2D eigenvalue weighted by atomic mass is 79.9. The number of hydrogen-bond donors (Lipinski definition) is 1. The zero-order valence-corrected chi connectivity index (χ0v) is 11.6. The zero-order valence-electron chi connectivity index (χ0n) is 10.0. The van der Waals surface area contributed by atoms with E-state index in [0.717, 1.165) is 16.7 Å². The van der Waals surface area contributed by atoms with Crippen LogP contribution in [0.1, 0.15) is 28.3 Å². The first kappa shape index (κ1) is 12.4. The first-order chi connectivity index (χ1) is 8.08. The summed E-state index contributed by atoms with van der Waals surface area (Å²) in [5, 5.41) is 0. The number of furan rings is 1. The molecule has 0 fully saturated rings. The highest BCUT2D eigenvalue weighted by Crippen LogP contribution is 2.25. The summed E-state index contributed by atoms with van der Waals surface area (Å²) in [7, 11) is 0.